The highest BCUT2D eigenvalue weighted by molar-refractivity contribution is 5.94. The van der Waals surface area contributed by atoms with Gasteiger partial charge >= 0.3 is 0 Å². The van der Waals surface area contributed by atoms with Gasteiger partial charge in [-0.25, -0.2) is 0 Å². The molecule has 2 aromatic carbocycles. The van der Waals surface area contributed by atoms with Crippen LogP contribution in [0.5, 0.6) is 11.5 Å². The molecule has 0 aromatic heterocycles. The van der Waals surface area contributed by atoms with Crippen LogP contribution in [0.15, 0.2) is 48.5 Å². The van der Waals surface area contributed by atoms with Gasteiger partial charge in [-0.05, 0) is 31.2 Å². The normalized spacial score (nSPS) is 10.1. The molecule has 0 unspecified atom stereocenters. The van der Waals surface area contributed by atoms with E-state index in [1.165, 1.54) is 6.92 Å². The average Bonchev–Trinajstić information content (AvgIpc) is 2.44. The summed E-state index contributed by atoms with van der Waals surface area (Å²) >= 11 is 0. The Morgan fingerprint density at radius 1 is 1.00 bits per heavy atom. The second kappa shape index (κ2) is 6.61. The molecule has 0 saturated carbocycles. The molecule has 2 N–H and O–H groups in total. The molecule has 4 heteroatoms. The molecule has 0 aliphatic heterocycles. The summed E-state index contributed by atoms with van der Waals surface area (Å²) < 4.78 is 11.1. The fourth-order valence-electron chi connectivity index (χ4n) is 1.73. The van der Waals surface area contributed by atoms with Gasteiger partial charge < -0.3 is 15.2 Å². The largest absolute Gasteiger partial charge is 0.490 e. The van der Waals surface area contributed by atoms with Crippen molar-refractivity contribution >= 4 is 11.5 Å². The molecule has 0 radical (unpaired) electrons. The minimum atomic E-state index is 0.0199. The SMILES string of the molecule is CC(=O)c1cccc(OCCOc2cccc(N)c2)c1. The van der Waals surface area contributed by atoms with Crippen LogP contribution in [0.1, 0.15) is 17.3 Å². The molecule has 2 aromatic rings. The topological polar surface area (TPSA) is 61.5 Å². The van der Waals surface area contributed by atoms with Crippen LogP contribution in [-0.4, -0.2) is 19.0 Å². The van der Waals surface area contributed by atoms with Gasteiger partial charge in [-0.3, -0.25) is 4.79 Å². The van der Waals surface area contributed by atoms with Gasteiger partial charge in [-0.2, -0.15) is 0 Å². The summed E-state index contributed by atoms with van der Waals surface area (Å²) in [5, 5.41) is 0. The Hall–Kier alpha value is -2.49. The molecule has 0 spiro atoms. The Balaban J connectivity index is 1.81. The third-order valence-electron chi connectivity index (χ3n) is 2.72. The van der Waals surface area contributed by atoms with Gasteiger partial charge in [0.05, 0.1) is 0 Å². The van der Waals surface area contributed by atoms with Crippen LogP contribution in [0.4, 0.5) is 5.69 Å². The van der Waals surface area contributed by atoms with E-state index in [0.717, 1.165) is 0 Å². The van der Waals surface area contributed by atoms with Gasteiger partial charge in [0.15, 0.2) is 5.78 Å². The number of benzene rings is 2. The lowest BCUT2D eigenvalue weighted by Crippen LogP contribution is -2.09. The highest BCUT2D eigenvalue weighted by Gasteiger charge is 2.01. The summed E-state index contributed by atoms with van der Waals surface area (Å²) in [7, 11) is 0. The van der Waals surface area contributed by atoms with Crippen LogP contribution in [0.25, 0.3) is 0 Å². The molecule has 2 rings (SSSR count). The smallest absolute Gasteiger partial charge is 0.159 e. The maximum Gasteiger partial charge on any atom is 0.159 e. The quantitative estimate of drug-likeness (QED) is 0.498. The Labute approximate surface area is 118 Å². The maximum absolute atomic E-state index is 11.3. The van der Waals surface area contributed by atoms with Crippen LogP contribution in [0.3, 0.4) is 0 Å². The molecule has 0 heterocycles. The van der Waals surface area contributed by atoms with Crippen molar-refractivity contribution in [2.24, 2.45) is 0 Å². The predicted molar refractivity (Wildman–Crippen MR) is 78.3 cm³/mol. The Kier molecular flexibility index (Phi) is 4.60. The molecule has 0 amide bonds. The number of rotatable bonds is 6. The van der Waals surface area contributed by atoms with E-state index in [4.69, 9.17) is 15.2 Å². The molecule has 0 aliphatic rings. The first-order valence-electron chi connectivity index (χ1n) is 6.37. The summed E-state index contributed by atoms with van der Waals surface area (Å²) in [6.07, 6.45) is 0. The van der Waals surface area contributed by atoms with Crippen molar-refractivity contribution in [3.05, 3.63) is 54.1 Å². The molecule has 0 bridgehead atoms. The van der Waals surface area contributed by atoms with Crippen molar-refractivity contribution in [3.63, 3.8) is 0 Å². The molecule has 104 valence electrons. The first kappa shape index (κ1) is 13.9. The number of carbonyl (C=O) groups is 1. The van der Waals surface area contributed by atoms with Crippen LogP contribution in [-0.2, 0) is 0 Å². The van der Waals surface area contributed by atoms with Crippen molar-refractivity contribution < 1.29 is 14.3 Å². The lowest BCUT2D eigenvalue weighted by molar-refractivity contribution is 0.101. The number of anilines is 1. The Morgan fingerprint density at radius 3 is 2.20 bits per heavy atom. The van der Waals surface area contributed by atoms with Gasteiger partial charge in [0.25, 0.3) is 0 Å². The summed E-state index contributed by atoms with van der Waals surface area (Å²) in [5.74, 6) is 1.39. The maximum atomic E-state index is 11.3. The molecular formula is C16H17NO3. The van der Waals surface area contributed by atoms with E-state index in [-0.39, 0.29) is 5.78 Å². The van der Waals surface area contributed by atoms with Crippen LogP contribution in [0.2, 0.25) is 0 Å². The summed E-state index contributed by atoms with van der Waals surface area (Å²) in [5.41, 5.74) is 6.96. The van der Waals surface area contributed by atoms with E-state index in [0.29, 0.717) is 36.0 Å². The van der Waals surface area contributed by atoms with E-state index in [1.54, 1.807) is 30.3 Å². The van der Waals surface area contributed by atoms with Gasteiger partial charge in [-0.15, -0.1) is 0 Å². The van der Waals surface area contributed by atoms with Crippen LogP contribution >= 0.6 is 0 Å². The molecule has 4 nitrogen and oxygen atoms in total. The Bertz CT molecular complexity index is 596. The van der Waals surface area contributed by atoms with Crippen LogP contribution < -0.4 is 15.2 Å². The number of nitrogens with two attached hydrogens (primary N) is 1. The first-order valence-corrected chi connectivity index (χ1v) is 6.37. The number of hydrogen-bond donors (Lipinski definition) is 1. The van der Waals surface area contributed by atoms with Crippen LogP contribution in [0, 0.1) is 0 Å². The lowest BCUT2D eigenvalue weighted by atomic mass is 10.1. The summed E-state index contributed by atoms with van der Waals surface area (Å²) in [6.45, 7) is 2.34. The van der Waals surface area contributed by atoms with Gasteiger partial charge in [0.2, 0.25) is 0 Å². The van der Waals surface area contributed by atoms with Crippen molar-refractivity contribution in [1.82, 2.24) is 0 Å². The zero-order valence-electron chi connectivity index (χ0n) is 11.3. The van der Waals surface area contributed by atoms with Crippen molar-refractivity contribution in [1.29, 1.82) is 0 Å². The fourth-order valence-corrected chi connectivity index (χ4v) is 1.73. The minimum Gasteiger partial charge on any atom is -0.490 e. The monoisotopic (exact) mass is 271 g/mol. The molecule has 0 fully saturated rings. The molecule has 0 aliphatic carbocycles. The number of ether oxygens (including phenoxy) is 2. The highest BCUT2D eigenvalue weighted by atomic mass is 16.5. The van der Waals surface area contributed by atoms with Gasteiger partial charge in [-0.1, -0.05) is 18.2 Å². The van der Waals surface area contributed by atoms with Crippen molar-refractivity contribution in [2.45, 2.75) is 6.92 Å². The van der Waals surface area contributed by atoms with Gasteiger partial charge in [0.1, 0.15) is 24.7 Å². The second-order valence-corrected chi connectivity index (χ2v) is 4.35. The predicted octanol–water partition coefficient (Wildman–Crippen LogP) is 2.93. The molecule has 0 saturated heterocycles. The zero-order valence-corrected chi connectivity index (χ0v) is 11.3. The molecule has 20 heavy (non-hydrogen) atoms. The highest BCUT2D eigenvalue weighted by Crippen LogP contribution is 2.15. The van der Waals surface area contributed by atoms with E-state index in [2.05, 4.69) is 0 Å². The second-order valence-electron chi connectivity index (χ2n) is 4.35. The Morgan fingerprint density at radius 2 is 1.60 bits per heavy atom. The fraction of sp³-hybridized carbons (Fsp3) is 0.188. The standard InChI is InChI=1S/C16H17NO3/c1-12(18)13-4-2-6-15(10-13)19-8-9-20-16-7-3-5-14(17)11-16/h2-7,10-11H,8-9,17H2,1H3. The van der Waals surface area contributed by atoms with E-state index in [9.17, 15) is 4.79 Å². The van der Waals surface area contributed by atoms with Crippen molar-refractivity contribution in [3.8, 4) is 11.5 Å². The number of Topliss-reactive ketones (excluding diaryl/α,β-unsaturated/α-hetero) is 1. The lowest BCUT2D eigenvalue weighted by Gasteiger charge is -2.09. The van der Waals surface area contributed by atoms with E-state index < -0.39 is 0 Å². The summed E-state index contributed by atoms with van der Waals surface area (Å²) in [4.78, 5) is 11.3. The number of carbonyl (C=O) groups excluding carboxylic acids is 1. The number of hydrogen-bond acceptors (Lipinski definition) is 4. The number of nitrogen functional groups attached to an aromatic ring is 1. The third kappa shape index (κ3) is 4.02. The van der Waals surface area contributed by atoms with E-state index in [1.807, 2.05) is 18.2 Å². The van der Waals surface area contributed by atoms with Gasteiger partial charge in [0, 0.05) is 17.3 Å². The van der Waals surface area contributed by atoms with Crippen molar-refractivity contribution in [2.75, 3.05) is 18.9 Å². The average molecular weight is 271 g/mol. The number of ketones is 1. The molecular weight excluding hydrogens is 254 g/mol. The minimum absolute atomic E-state index is 0.0199. The first-order chi connectivity index (χ1) is 9.65. The third-order valence-corrected chi connectivity index (χ3v) is 2.72. The zero-order chi connectivity index (χ0) is 14.4. The van der Waals surface area contributed by atoms with E-state index >= 15 is 0 Å². The summed E-state index contributed by atoms with van der Waals surface area (Å²) in [6, 6.07) is 14.3. The molecule has 0 atom stereocenters.